The molecule has 1 saturated carbocycles. The van der Waals surface area contributed by atoms with E-state index in [-0.39, 0.29) is 16.9 Å². The maximum Gasteiger partial charge on any atom is 0.171 e. The van der Waals surface area contributed by atoms with Crippen molar-refractivity contribution in [2.45, 2.75) is 31.7 Å². The number of nitrogens with two attached hydrogens (primary N) is 1. The summed E-state index contributed by atoms with van der Waals surface area (Å²) in [7, 11) is 0. The van der Waals surface area contributed by atoms with Crippen molar-refractivity contribution in [3.63, 3.8) is 0 Å². The van der Waals surface area contributed by atoms with Gasteiger partial charge in [-0.1, -0.05) is 5.16 Å². The highest BCUT2D eigenvalue weighted by molar-refractivity contribution is 9.10. The summed E-state index contributed by atoms with van der Waals surface area (Å²) in [4.78, 5) is 2.00. The van der Waals surface area contributed by atoms with Crippen molar-refractivity contribution in [2.24, 2.45) is 10.9 Å². The summed E-state index contributed by atoms with van der Waals surface area (Å²) in [6.45, 7) is 0.682. The lowest BCUT2D eigenvalue weighted by Gasteiger charge is -2.39. The van der Waals surface area contributed by atoms with Crippen molar-refractivity contribution in [1.29, 1.82) is 0 Å². The number of hydrogen-bond acceptors (Lipinski definition) is 4. The van der Waals surface area contributed by atoms with Gasteiger partial charge in [0.25, 0.3) is 0 Å². The topological polar surface area (TPSA) is 82.1 Å². The van der Waals surface area contributed by atoms with Crippen LogP contribution >= 0.6 is 15.9 Å². The molecular formula is C14H19BrFN3O2. The molecular weight excluding hydrogens is 341 g/mol. The molecule has 1 aromatic carbocycles. The van der Waals surface area contributed by atoms with Gasteiger partial charge in [-0.25, -0.2) is 4.39 Å². The molecule has 0 unspecified atom stereocenters. The quantitative estimate of drug-likeness (QED) is 0.315. The van der Waals surface area contributed by atoms with E-state index in [1.54, 1.807) is 12.1 Å². The Labute approximate surface area is 131 Å². The van der Waals surface area contributed by atoms with Crippen LogP contribution in [0.25, 0.3) is 0 Å². The second-order valence-electron chi connectivity index (χ2n) is 5.10. The number of hydrogen-bond donors (Lipinski definition) is 3. The number of benzene rings is 1. The SMILES string of the molecule is N/C(=N/O)c1ccc(N(CCCO)C2CCC2)c(F)c1Br. The predicted octanol–water partition coefficient (Wildman–Crippen LogP) is 2.42. The van der Waals surface area contributed by atoms with Gasteiger partial charge in [0.05, 0.1) is 10.2 Å². The molecule has 5 nitrogen and oxygen atoms in total. The van der Waals surface area contributed by atoms with Gasteiger partial charge in [0, 0.05) is 24.8 Å². The van der Waals surface area contributed by atoms with E-state index < -0.39 is 5.82 Å². The fourth-order valence-corrected chi connectivity index (χ4v) is 2.99. The highest BCUT2D eigenvalue weighted by atomic mass is 79.9. The lowest BCUT2D eigenvalue weighted by Crippen LogP contribution is -2.41. The van der Waals surface area contributed by atoms with Crippen molar-refractivity contribution in [3.8, 4) is 0 Å². The van der Waals surface area contributed by atoms with Crippen LogP contribution in [0.1, 0.15) is 31.2 Å². The van der Waals surface area contributed by atoms with Crippen LogP contribution in [0.15, 0.2) is 21.8 Å². The van der Waals surface area contributed by atoms with E-state index >= 15 is 0 Å². The van der Waals surface area contributed by atoms with Crippen LogP contribution < -0.4 is 10.6 Å². The third kappa shape index (κ3) is 3.29. The number of rotatable bonds is 6. The van der Waals surface area contributed by atoms with Crippen molar-refractivity contribution < 1.29 is 14.7 Å². The number of anilines is 1. The number of aliphatic hydroxyl groups is 1. The summed E-state index contributed by atoms with van der Waals surface area (Å²) in [5.74, 6) is -0.568. The minimum atomic E-state index is -0.427. The average Bonchev–Trinajstić information content (AvgIpc) is 2.43. The monoisotopic (exact) mass is 359 g/mol. The van der Waals surface area contributed by atoms with E-state index in [0.717, 1.165) is 19.3 Å². The molecule has 0 aromatic heterocycles. The van der Waals surface area contributed by atoms with E-state index in [4.69, 9.17) is 16.0 Å². The van der Waals surface area contributed by atoms with Crippen molar-refractivity contribution in [2.75, 3.05) is 18.1 Å². The van der Waals surface area contributed by atoms with Crippen LogP contribution in [0, 0.1) is 5.82 Å². The summed E-state index contributed by atoms with van der Waals surface area (Å²) in [6.07, 6.45) is 3.80. The fraction of sp³-hybridized carbons (Fsp3) is 0.500. The van der Waals surface area contributed by atoms with E-state index in [2.05, 4.69) is 21.1 Å². The molecule has 0 radical (unpaired) electrons. The van der Waals surface area contributed by atoms with Crippen molar-refractivity contribution in [3.05, 3.63) is 28.0 Å². The second kappa shape index (κ2) is 7.09. The van der Waals surface area contributed by atoms with E-state index in [0.29, 0.717) is 30.3 Å². The van der Waals surface area contributed by atoms with Crippen LogP contribution in [0.4, 0.5) is 10.1 Å². The number of oxime groups is 1. The molecule has 116 valence electrons. The molecule has 0 aliphatic heterocycles. The van der Waals surface area contributed by atoms with Gasteiger partial charge in [0.1, 0.15) is 0 Å². The first-order valence-corrected chi connectivity index (χ1v) is 7.72. The Bertz CT molecular complexity index is 535. The summed E-state index contributed by atoms with van der Waals surface area (Å²) in [6, 6.07) is 3.58. The smallest absolute Gasteiger partial charge is 0.171 e. The number of halogens is 2. The van der Waals surface area contributed by atoms with Crippen LogP contribution in [0.3, 0.4) is 0 Å². The molecule has 1 aliphatic rings. The molecule has 21 heavy (non-hydrogen) atoms. The highest BCUT2D eigenvalue weighted by Gasteiger charge is 2.28. The molecule has 0 atom stereocenters. The lowest BCUT2D eigenvalue weighted by molar-refractivity contribution is 0.282. The second-order valence-corrected chi connectivity index (χ2v) is 5.89. The first-order valence-electron chi connectivity index (χ1n) is 6.93. The third-order valence-corrected chi connectivity index (χ3v) is 4.60. The fourth-order valence-electron chi connectivity index (χ4n) is 2.45. The first-order chi connectivity index (χ1) is 10.1. The molecule has 0 spiro atoms. The predicted molar refractivity (Wildman–Crippen MR) is 83.3 cm³/mol. The van der Waals surface area contributed by atoms with Gasteiger partial charge in [-0.15, -0.1) is 0 Å². The van der Waals surface area contributed by atoms with Gasteiger partial charge in [-0.05, 0) is 53.7 Å². The average molecular weight is 360 g/mol. The summed E-state index contributed by atoms with van der Waals surface area (Å²) in [5.41, 5.74) is 6.32. The zero-order chi connectivity index (χ0) is 15.4. The maximum atomic E-state index is 14.6. The molecule has 0 bridgehead atoms. The van der Waals surface area contributed by atoms with Gasteiger partial charge in [-0.2, -0.15) is 0 Å². The van der Waals surface area contributed by atoms with Gasteiger partial charge >= 0.3 is 0 Å². The third-order valence-electron chi connectivity index (χ3n) is 3.83. The highest BCUT2D eigenvalue weighted by Crippen LogP contribution is 2.35. The molecule has 0 heterocycles. The van der Waals surface area contributed by atoms with Gasteiger partial charge in [-0.3, -0.25) is 0 Å². The van der Waals surface area contributed by atoms with Crippen LogP contribution in [0.2, 0.25) is 0 Å². The molecule has 1 aromatic rings. The molecule has 1 aliphatic carbocycles. The number of aliphatic hydroxyl groups excluding tert-OH is 1. The van der Waals surface area contributed by atoms with Gasteiger partial charge < -0.3 is 20.9 Å². The Balaban J connectivity index is 2.34. The Morgan fingerprint density at radius 1 is 1.48 bits per heavy atom. The van der Waals surface area contributed by atoms with Crippen molar-refractivity contribution >= 4 is 27.5 Å². The largest absolute Gasteiger partial charge is 0.409 e. The normalized spacial score (nSPS) is 15.9. The van der Waals surface area contributed by atoms with E-state index in [1.165, 1.54) is 0 Å². The molecule has 7 heteroatoms. The minimum Gasteiger partial charge on any atom is -0.409 e. The van der Waals surface area contributed by atoms with E-state index in [9.17, 15) is 4.39 Å². The molecule has 0 saturated heterocycles. The minimum absolute atomic E-state index is 0.0776. The van der Waals surface area contributed by atoms with E-state index in [1.807, 2.05) is 4.90 Å². The first kappa shape index (κ1) is 16.0. The number of nitrogens with zero attached hydrogens (tertiary/aromatic N) is 2. The zero-order valence-electron chi connectivity index (χ0n) is 11.6. The zero-order valence-corrected chi connectivity index (χ0v) is 13.2. The molecule has 1 fully saturated rings. The number of amidine groups is 1. The molecule has 2 rings (SSSR count). The Morgan fingerprint density at radius 3 is 2.71 bits per heavy atom. The van der Waals surface area contributed by atoms with Crippen molar-refractivity contribution in [1.82, 2.24) is 0 Å². The Kier molecular flexibility index (Phi) is 5.41. The van der Waals surface area contributed by atoms with Crippen LogP contribution in [-0.2, 0) is 0 Å². The standard InChI is InChI=1S/C14H19BrFN3O2/c15-12-10(14(17)18-21)5-6-11(13(12)16)19(7-2-8-20)9-3-1-4-9/h5-6,9,20-21H,1-4,7-8H2,(H2,17,18). The molecule has 4 N–H and O–H groups in total. The summed E-state index contributed by atoms with van der Waals surface area (Å²) in [5, 5.41) is 20.6. The Hall–Kier alpha value is -1.34. The van der Waals surface area contributed by atoms with Crippen LogP contribution in [0.5, 0.6) is 0 Å². The van der Waals surface area contributed by atoms with Crippen LogP contribution in [-0.4, -0.2) is 35.3 Å². The van der Waals surface area contributed by atoms with Gasteiger partial charge in [0.15, 0.2) is 11.7 Å². The maximum absolute atomic E-state index is 14.6. The summed E-state index contributed by atoms with van der Waals surface area (Å²) < 4.78 is 14.8. The Morgan fingerprint density at radius 2 is 2.19 bits per heavy atom. The van der Waals surface area contributed by atoms with Gasteiger partial charge in [0.2, 0.25) is 0 Å². The summed E-state index contributed by atoms with van der Waals surface area (Å²) >= 11 is 3.18. The lowest BCUT2D eigenvalue weighted by atomic mass is 9.90. The molecule has 0 amide bonds.